The first-order valence-corrected chi connectivity index (χ1v) is 15.3. The van der Waals surface area contributed by atoms with Crippen molar-refractivity contribution in [3.05, 3.63) is 60.4 Å². The maximum absolute atomic E-state index is 12.7. The normalized spacial score (nSPS) is 27.7. The maximum atomic E-state index is 12.7. The lowest BCUT2D eigenvalue weighted by Gasteiger charge is -2.50. The van der Waals surface area contributed by atoms with Crippen molar-refractivity contribution >= 4 is 20.3 Å². The van der Waals surface area contributed by atoms with Crippen LogP contribution < -0.4 is 0 Å². The third kappa shape index (κ3) is 5.56. The van der Waals surface area contributed by atoms with Crippen LogP contribution in [0.15, 0.2) is 54.8 Å². The van der Waals surface area contributed by atoms with E-state index in [4.69, 9.17) is 18.6 Å². The minimum atomic E-state index is -2.21. The van der Waals surface area contributed by atoms with Crippen LogP contribution in [0.25, 0.3) is 0 Å². The first-order chi connectivity index (χ1) is 16.3. The molecule has 6 nitrogen and oxygen atoms in total. The van der Waals surface area contributed by atoms with E-state index < -0.39 is 26.0 Å². The van der Waals surface area contributed by atoms with Crippen LogP contribution in [-0.4, -0.2) is 39.1 Å². The van der Waals surface area contributed by atoms with Crippen molar-refractivity contribution in [3.63, 3.8) is 0 Å². The average molecular weight is 501 g/mol. The van der Waals surface area contributed by atoms with Gasteiger partial charge in [-0.05, 0) is 42.5 Å². The molecular weight excluding hydrogens is 460 g/mol. The molecule has 1 fully saturated rings. The number of esters is 2. The van der Waals surface area contributed by atoms with Gasteiger partial charge >= 0.3 is 11.9 Å². The van der Waals surface area contributed by atoms with Gasteiger partial charge in [0.2, 0.25) is 0 Å². The molecule has 1 aliphatic heterocycles. The molecular formula is C28H40O6Si. The molecule has 3 rings (SSSR count). The molecule has 192 valence electrons. The zero-order chi connectivity index (χ0) is 26.0. The highest BCUT2D eigenvalue weighted by Crippen LogP contribution is 2.53. The van der Waals surface area contributed by atoms with Crippen molar-refractivity contribution in [1.29, 1.82) is 0 Å². The predicted molar refractivity (Wildman–Crippen MR) is 138 cm³/mol. The zero-order valence-corrected chi connectivity index (χ0v) is 23.1. The molecule has 1 aromatic rings. The summed E-state index contributed by atoms with van der Waals surface area (Å²) in [5.41, 5.74) is -0.0367. The summed E-state index contributed by atoms with van der Waals surface area (Å²) in [5, 5.41) is -0.0278. The number of hydrogen-bond acceptors (Lipinski definition) is 6. The van der Waals surface area contributed by atoms with Crippen molar-refractivity contribution in [2.75, 3.05) is 7.11 Å². The molecule has 1 saturated carbocycles. The van der Waals surface area contributed by atoms with E-state index in [2.05, 4.69) is 40.4 Å². The molecule has 1 unspecified atom stereocenters. The van der Waals surface area contributed by atoms with Gasteiger partial charge in [-0.15, -0.1) is 6.58 Å². The molecule has 0 radical (unpaired) electrons. The van der Waals surface area contributed by atoms with E-state index in [0.717, 1.165) is 5.56 Å². The molecule has 2 aliphatic rings. The fourth-order valence-corrected chi connectivity index (χ4v) is 6.24. The van der Waals surface area contributed by atoms with Gasteiger partial charge in [-0.2, -0.15) is 0 Å². The summed E-state index contributed by atoms with van der Waals surface area (Å²) in [7, 11) is -0.801. The molecule has 35 heavy (non-hydrogen) atoms. The van der Waals surface area contributed by atoms with Crippen LogP contribution in [0.1, 0.15) is 46.1 Å². The van der Waals surface area contributed by atoms with E-state index in [-0.39, 0.29) is 28.8 Å². The van der Waals surface area contributed by atoms with E-state index in [1.807, 2.05) is 37.3 Å². The Balaban J connectivity index is 2.01. The van der Waals surface area contributed by atoms with Crippen molar-refractivity contribution < 1.29 is 28.2 Å². The Morgan fingerprint density at radius 1 is 1.29 bits per heavy atom. The average Bonchev–Trinajstić information content (AvgIpc) is 3.10. The first kappa shape index (κ1) is 27.2. The molecule has 0 bridgehead atoms. The molecule has 5 atom stereocenters. The molecule has 1 heterocycles. The van der Waals surface area contributed by atoms with Crippen LogP contribution in [0.3, 0.4) is 0 Å². The fraction of sp³-hybridized carbons (Fsp3) is 0.571. The van der Waals surface area contributed by atoms with Crippen LogP contribution in [0.2, 0.25) is 18.1 Å². The van der Waals surface area contributed by atoms with Crippen LogP contribution in [-0.2, 0) is 34.8 Å². The van der Waals surface area contributed by atoms with Gasteiger partial charge in [0, 0.05) is 5.92 Å². The molecule has 1 aromatic carbocycles. The van der Waals surface area contributed by atoms with Crippen molar-refractivity contribution in [2.24, 2.45) is 17.8 Å². The number of carbonyl (C=O) groups is 2. The highest BCUT2D eigenvalue weighted by Gasteiger charge is 2.60. The van der Waals surface area contributed by atoms with E-state index in [9.17, 15) is 9.59 Å². The van der Waals surface area contributed by atoms with E-state index in [0.29, 0.717) is 25.2 Å². The standard InChI is InChI=1S/C28H40O6Si/c1-9-23(34-35(7,8)27(3,4)5)22-15-21(26(30)31-6)19(2)17-28(22)24(16-25(29)33-28)32-18-20-13-11-10-12-14-20/h9-14,16,19,21-23H,1,15,17-18H2,2-8H3/t19-,21+,22+,23?,28+/m1/s1. The lowest BCUT2D eigenvalue weighted by molar-refractivity contribution is -0.174. The number of methoxy groups -OCH3 is 1. The lowest BCUT2D eigenvalue weighted by Crippen LogP contribution is -2.56. The van der Waals surface area contributed by atoms with Gasteiger partial charge in [-0.1, -0.05) is 64.1 Å². The number of benzene rings is 1. The first-order valence-electron chi connectivity index (χ1n) is 12.3. The number of carbonyl (C=O) groups excluding carboxylic acids is 2. The smallest absolute Gasteiger partial charge is 0.335 e. The fourth-order valence-electron chi connectivity index (χ4n) is 4.95. The lowest BCUT2D eigenvalue weighted by atomic mass is 9.63. The monoisotopic (exact) mass is 500 g/mol. The SMILES string of the molecule is C=CC(O[Si](C)(C)C(C)(C)C)[C@@H]1C[C@H](C(=O)OC)[C@H](C)C[C@]12OC(=O)C=C2OCc1ccccc1. The Morgan fingerprint density at radius 3 is 2.51 bits per heavy atom. The third-order valence-corrected chi connectivity index (χ3v) is 12.4. The largest absolute Gasteiger partial charge is 0.489 e. The molecule has 0 amide bonds. The Kier molecular flexibility index (Phi) is 8.01. The van der Waals surface area contributed by atoms with Crippen molar-refractivity contribution in [1.82, 2.24) is 0 Å². The number of ether oxygens (including phenoxy) is 3. The molecule has 1 spiro atoms. The van der Waals surface area contributed by atoms with Gasteiger partial charge in [0.05, 0.1) is 25.2 Å². The van der Waals surface area contributed by atoms with Gasteiger partial charge in [0.15, 0.2) is 13.9 Å². The maximum Gasteiger partial charge on any atom is 0.335 e. The second-order valence-corrected chi connectivity index (χ2v) is 16.1. The minimum absolute atomic E-state index is 0.0278. The van der Waals surface area contributed by atoms with Crippen LogP contribution in [0.4, 0.5) is 0 Å². The quantitative estimate of drug-likeness (QED) is 0.255. The molecule has 0 aromatic heterocycles. The summed E-state index contributed by atoms with van der Waals surface area (Å²) in [6, 6.07) is 9.81. The third-order valence-electron chi connectivity index (χ3n) is 7.97. The summed E-state index contributed by atoms with van der Waals surface area (Å²) in [6.45, 7) is 17.3. The molecule has 0 saturated heterocycles. The van der Waals surface area contributed by atoms with Crippen LogP contribution >= 0.6 is 0 Å². The highest BCUT2D eigenvalue weighted by atomic mass is 28.4. The summed E-state index contributed by atoms with van der Waals surface area (Å²) in [6.07, 6.45) is 3.70. The second-order valence-electron chi connectivity index (χ2n) is 11.3. The molecule has 1 aliphatic carbocycles. The Morgan fingerprint density at radius 2 is 1.94 bits per heavy atom. The van der Waals surface area contributed by atoms with Gasteiger partial charge in [0.25, 0.3) is 0 Å². The van der Waals surface area contributed by atoms with Gasteiger partial charge < -0.3 is 18.6 Å². The van der Waals surface area contributed by atoms with E-state index in [1.165, 1.54) is 13.2 Å². The Labute approximate surface area is 210 Å². The number of rotatable bonds is 8. The summed E-state index contributed by atoms with van der Waals surface area (Å²) in [4.78, 5) is 25.4. The van der Waals surface area contributed by atoms with E-state index >= 15 is 0 Å². The van der Waals surface area contributed by atoms with E-state index in [1.54, 1.807) is 6.08 Å². The Bertz CT molecular complexity index is 963. The summed E-state index contributed by atoms with van der Waals surface area (Å²) >= 11 is 0. The Hall–Kier alpha value is -2.38. The van der Waals surface area contributed by atoms with Gasteiger partial charge in [-0.3, -0.25) is 4.79 Å². The predicted octanol–water partition coefficient (Wildman–Crippen LogP) is 5.79. The van der Waals surface area contributed by atoms with Gasteiger partial charge in [0.1, 0.15) is 12.4 Å². The topological polar surface area (TPSA) is 71.1 Å². The highest BCUT2D eigenvalue weighted by molar-refractivity contribution is 6.74. The second kappa shape index (κ2) is 10.3. The molecule has 7 heteroatoms. The zero-order valence-electron chi connectivity index (χ0n) is 22.1. The number of hydrogen-bond donors (Lipinski definition) is 0. The van der Waals surface area contributed by atoms with Crippen molar-refractivity contribution in [2.45, 2.75) is 77.0 Å². The van der Waals surface area contributed by atoms with Gasteiger partial charge in [-0.25, -0.2) is 4.79 Å². The van der Waals surface area contributed by atoms with Crippen LogP contribution in [0.5, 0.6) is 0 Å². The summed E-state index contributed by atoms with van der Waals surface area (Å²) < 4.78 is 24.3. The minimum Gasteiger partial charge on any atom is -0.489 e. The molecule has 0 N–H and O–H groups in total. The summed E-state index contributed by atoms with van der Waals surface area (Å²) in [5.74, 6) is -0.952. The van der Waals surface area contributed by atoms with Crippen molar-refractivity contribution in [3.8, 4) is 0 Å². The van der Waals surface area contributed by atoms with Crippen LogP contribution in [0, 0.1) is 17.8 Å².